The van der Waals surface area contributed by atoms with E-state index in [9.17, 15) is 9.59 Å². The number of benzene rings is 1. The Hall–Kier alpha value is -4.01. The SMILES string of the molecule is C=C(C)CC(c1ccc(OC)cc1)N(Cc1ccco1)c1nc2c([nH]1)c(=O)n(C)c(=O)n2C. The van der Waals surface area contributed by atoms with E-state index in [-0.39, 0.29) is 11.6 Å². The van der Waals surface area contributed by atoms with E-state index in [1.165, 1.54) is 11.6 Å². The van der Waals surface area contributed by atoms with Crippen molar-refractivity contribution in [3.05, 3.63) is 87.0 Å². The number of methoxy groups -OCH3 is 1. The second-order valence-corrected chi connectivity index (χ2v) is 8.12. The highest BCUT2D eigenvalue weighted by molar-refractivity contribution is 5.73. The van der Waals surface area contributed by atoms with Crippen LogP contribution >= 0.6 is 0 Å². The number of imidazole rings is 1. The molecule has 0 radical (unpaired) electrons. The number of rotatable bonds is 8. The number of ether oxygens (including phenoxy) is 1. The van der Waals surface area contributed by atoms with E-state index >= 15 is 0 Å². The van der Waals surface area contributed by atoms with Gasteiger partial charge >= 0.3 is 5.69 Å². The number of nitrogens with zero attached hydrogens (tertiary/aromatic N) is 4. The van der Waals surface area contributed by atoms with Crippen molar-refractivity contribution in [3.8, 4) is 5.75 Å². The fraction of sp³-hybridized carbons (Fsp3) is 0.292. The molecule has 4 rings (SSSR count). The molecule has 0 saturated carbocycles. The van der Waals surface area contributed by atoms with Crippen LogP contribution in [0.15, 0.2) is 68.8 Å². The fourth-order valence-electron chi connectivity index (χ4n) is 3.92. The summed E-state index contributed by atoms with van der Waals surface area (Å²) in [4.78, 5) is 35.0. The van der Waals surface area contributed by atoms with Crippen molar-refractivity contribution in [2.45, 2.75) is 25.9 Å². The van der Waals surface area contributed by atoms with Gasteiger partial charge in [-0.05, 0) is 43.2 Å². The lowest BCUT2D eigenvalue weighted by atomic mass is 9.98. The second kappa shape index (κ2) is 8.85. The Morgan fingerprint density at radius 1 is 1.21 bits per heavy atom. The average molecular weight is 450 g/mol. The normalized spacial score (nSPS) is 12.1. The summed E-state index contributed by atoms with van der Waals surface area (Å²) in [6, 6.07) is 11.4. The van der Waals surface area contributed by atoms with Crippen molar-refractivity contribution in [1.29, 1.82) is 0 Å². The van der Waals surface area contributed by atoms with Gasteiger partial charge in [-0.3, -0.25) is 13.9 Å². The number of aryl methyl sites for hydroxylation is 1. The van der Waals surface area contributed by atoms with E-state index in [1.807, 2.05) is 48.2 Å². The zero-order valence-electron chi connectivity index (χ0n) is 19.2. The molecule has 3 heterocycles. The van der Waals surface area contributed by atoms with Crippen LogP contribution in [0, 0.1) is 0 Å². The molecular weight excluding hydrogens is 422 g/mol. The lowest BCUT2D eigenvalue weighted by Crippen LogP contribution is -2.36. The molecular formula is C24H27N5O4. The zero-order chi connectivity index (χ0) is 23.7. The Bertz CT molecular complexity index is 1390. The number of hydrogen-bond donors (Lipinski definition) is 1. The van der Waals surface area contributed by atoms with E-state index in [0.717, 1.165) is 27.2 Å². The van der Waals surface area contributed by atoms with Gasteiger partial charge in [-0.25, -0.2) is 4.79 Å². The van der Waals surface area contributed by atoms with Gasteiger partial charge < -0.3 is 19.0 Å². The molecule has 0 saturated heterocycles. The van der Waals surface area contributed by atoms with Gasteiger partial charge in [0.1, 0.15) is 11.5 Å². The number of fused-ring (bicyclic) bond motifs is 1. The summed E-state index contributed by atoms with van der Waals surface area (Å²) < 4.78 is 13.4. The number of furan rings is 1. The fourth-order valence-corrected chi connectivity index (χ4v) is 3.92. The van der Waals surface area contributed by atoms with Crippen LogP contribution in [-0.2, 0) is 20.6 Å². The number of H-pyrrole nitrogens is 1. The largest absolute Gasteiger partial charge is 0.497 e. The molecule has 4 aromatic rings. The molecule has 172 valence electrons. The maximum absolute atomic E-state index is 12.8. The molecule has 0 aliphatic heterocycles. The van der Waals surface area contributed by atoms with Gasteiger partial charge in [0.2, 0.25) is 5.95 Å². The summed E-state index contributed by atoms with van der Waals surface area (Å²) >= 11 is 0. The van der Waals surface area contributed by atoms with Crippen LogP contribution in [0.3, 0.4) is 0 Å². The van der Waals surface area contributed by atoms with Crippen LogP contribution in [0.25, 0.3) is 11.2 Å². The van der Waals surface area contributed by atoms with Crippen LogP contribution in [0.1, 0.15) is 30.7 Å². The van der Waals surface area contributed by atoms with E-state index in [1.54, 1.807) is 20.4 Å². The minimum atomic E-state index is -0.434. The van der Waals surface area contributed by atoms with Crippen molar-refractivity contribution in [2.24, 2.45) is 14.1 Å². The number of anilines is 1. The molecule has 0 amide bonds. The van der Waals surface area contributed by atoms with Crippen molar-refractivity contribution >= 4 is 17.1 Å². The highest BCUT2D eigenvalue weighted by Crippen LogP contribution is 2.33. The lowest BCUT2D eigenvalue weighted by Gasteiger charge is -2.31. The topological polar surface area (TPSA) is 98.3 Å². The molecule has 1 N–H and O–H groups in total. The first-order valence-electron chi connectivity index (χ1n) is 10.5. The molecule has 9 heteroatoms. The van der Waals surface area contributed by atoms with E-state index in [0.29, 0.717) is 24.6 Å². The van der Waals surface area contributed by atoms with Crippen molar-refractivity contribution in [1.82, 2.24) is 19.1 Å². The van der Waals surface area contributed by atoms with Gasteiger partial charge in [0.15, 0.2) is 11.2 Å². The summed E-state index contributed by atoms with van der Waals surface area (Å²) in [6.45, 7) is 6.48. The van der Waals surface area contributed by atoms with Crippen molar-refractivity contribution < 1.29 is 9.15 Å². The first kappa shape index (κ1) is 22.2. The van der Waals surface area contributed by atoms with Crippen LogP contribution in [0.5, 0.6) is 5.75 Å². The standard InChI is InChI=1S/C24H27N5O4/c1-15(2)13-19(16-8-10-17(32-5)11-9-16)29(14-18-7-6-12-33-18)23-25-20-21(26-23)27(3)24(31)28(4)22(20)30/h6-12,19H,1,13-14H2,2-5H3,(H,25,26). The van der Waals surface area contributed by atoms with Gasteiger partial charge in [0.25, 0.3) is 5.56 Å². The van der Waals surface area contributed by atoms with Gasteiger partial charge in [0.05, 0.1) is 26.0 Å². The van der Waals surface area contributed by atoms with E-state index in [4.69, 9.17) is 9.15 Å². The van der Waals surface area contributed by atoms with Crippen molar-refractivity contribution in [2.75, 3.05) is 12.0 Å². The van der Waals surface area contributed by atoms with Gasteiger partial charge in [-0.1, -0.05) is 17.7 Å². The third-order valence-corrected chi connectivity index (χ3v) is 5.68. The minimum absolute atomic E-state index is 0.167. The van der Waals surface area contributed by atoms with Crippen LogP contribution in [0.4, 0.5) is 5.95 Å². The monoisotopic (exact) mass is 449 g/mol. The van der Waals surface area contributed by atoms with Crippen LogP contribution < -0.4 is 20.9 Å². The molecule has 1 atom stereocenters. The maximum Gasteiger partial charge on any atom is 0.332 e. The highest BCUT2D eigenvalue weighted by Gasteiger charge is 2.26. The Balaban J connectivity index is 1.90. The molecule has 1 aromatic carbocycles. The zero-order valence-corrected chi connectivity index (χ0v) is 19.2. The van der Waals surface area contributed by atoms with Crippen LogP contribution in [0.2, 0.25) is 0 Å². The number of hydrogen-bond acceptors (Lipinski definition) is 6. The Labute approximate surface area is 190 Å². The van der Waals surface area contributed by atoms with Crippen molar-refractivity contribution in [3.63, 3.8) is 0 Å². The summed E-state index contributed by atoms with van der Waals surface area (Å²) in [5.74, 6) is 1.95. The third-order valence-electron chi connectivity index (χ3n) is 5.68. The van der Waals surface area contributed by atoms with Crippen LogP contribution in [-0.4, -0.2) is 26.2 Å². The molecule has 0 spiro atoms. The van der Waals surface area contributed by atoms with E-state index in [2.05, 4.69) is 16.5 Å². The predicted molar refractivity (Wildman–Crippen MR) is 127 cm³/mol. The first-order chi connectivity index (χ1) is 15.8. The molecule has 0 aliphatic rings. The molecule has 0 fully saturated rings. The predicted octanol–water partition coefficient (Wildman–Crippen LogP) is 3.28. The summed E-state index contributed by atoms with van der Waals surface area (Å²) in [5, 5.41) is 0. The summed E-state index contributed by atoms with van der Waals surface area (Å²) in [5.41, 5.74) is 1.71. The van der Waals surface area contributed by atoms with E-state index < -0.39 is 11.2 Å². The Morgan fingerprint density at radius 3 is 2.55 bits per heavy atom. The molecule has 3 aromatic heterocycles. The molecule has 0 aliphatic carbocycles. The summed E-state index contributed by atoms with van der Waals surface area (Å²) in [6.07, 6.45) is 2.26. The smallest absolute Gasteiger partial charge is 0.332 e. The van der Waals surface area contributed by atoms with Gasteiger partial charge in [0, 0.05) is 14.1 Å². The number of nitrogens with one attached hydrogen (secondary N) is 1. The lowest BCUT2D eigenvalue weighted by molar-refractivity contribution is 0.414. The minimum Gasteiger partial charge on any atom is -0.497 e. The summed E-state index contributed by atoms with van der Waals surface area (Å²) in [7, 11) is 4.68. The molecule has 9 nitrogen and oxygen atoms in total. The quantitative estimate of drug-likeness (QED) is 0.415. The number of aromatic nitrogens is 4. The third kappa shape index (κ3) is 4.21. The Morgan fingerprint density at radius 2 is 1.94 bits per heavy atom. The highest BCUT2D eigenvalue weighted by atomic mass is 16.5. The van der Waals surface area contributed by atoms with Gasteiger partial charge in [-0.15, -0.1) is 6.58 Å². The molecule has 0 bridgehead atoms. The second-order valence-electron chi connectivity index (χ2n) is 8.12. The first-order valence-corrected chi connectivity index (χ1v) is 10.5. The molecule has 1 unspecified atom stereocenters. The molecule has 33 heavy (non-hydrogen) atoms. The maximum atomic E-state index is 12.8. The number of aromatic amines is 1. The Kier molecular flexibility index (Phi) is 5.95. The average Bonchev–Trinajstić information content (AvgIpc) is 3.48. The van der Waals surface area contributed by atoms with Gasteiger partial charge in [-0.2, -0.15) is 4.98 Å².